The van der Waals surface area contributed by atoms with Crippen molar-refractivity contribution >= 4 is 22.9 Å². The van der Waals surface area contributed by atoms with Crippen LogP contribution < -0.4 is 10.2 Å². The lowest BCUT2D eigenvalue weighted by molar-refractivity contribution is -0.123. The molecule has 6 nitrogen and oxygen atoms in total. The maximum atomic E-state index is 11.8. The third kappa shape index (κ3) is 4.10. The fourth-order valence-corrected chi connectivity index (χ4v) is 2.54. The van der Waals surface area contributed by atoms with Gasteiger partial charge in [-0.15, -0.1) is 0 Å². The Kier molecular flexibility index (Phi) is 5.03. The highest BCUT2D eigenvalue weighted by Crippen LogP contribution is 2.25. The molecule has 0 unspecified atom stereocenters. The summed E-state index contributed by atoms with van der Waals surface area (Å²) in [5.74, 6) is 0.0121. The summed E-state index contributed by atoms with van der Waals surface area (Å²) in [6.07, 6.45) is 1.32. The molecule has 3 N–H and O–H groups in total. The zero-order valence-electron chi connectivity index (χ0n) is 14.1. The number of hydrogen-bond acceptors (Lipinski definition) is 5. The number of aryl methyl sites for hydroxylation is 1. The maximum absolute atomic E-state index is 11.8. The monoisotopic (exact) mass is 350 g/mol. The number of phenolic OH excluding ortho intramolecular Hbond substituents is 2. The van der Waals surface area contributed by atoms with Crippen LogP contribution in [0.3, 0.4) is 0 Å². The Morgan fingerprint density at radius 2 is 1.88 bits per heavy atom. The Morgan fingerprint density at radius 1 is 1.12 bits per heavy atom. The highest BCUT2D eigenvalue weighted by Gasteiger charge is 2.06. The lowest BCUT2D eigenvalue weighted by atomic mass is 10.1. The van der Waals surface area contributed by atoms with E-state index in [2.05, 4.69) is 10.5 Å². The molecule has 3 rings (SSSR count). The number of fused-ring (bicyclic) bond motifs is 1. The molecule has 1 amide bonds. The van der Waals surface area contributed by atoms with Gasteiger partial charge >= 0.3 is 0 Å². The molecule has 0 saturated carbocycles. The second-order valence-electron chi connectivity index (χ2n) is 5.79. The van der Waals surface area contributed by atoms with E-state index < -0.39 is 5.91 Å². The number of hydrogen-bond donors (Lipinski definition) is 3. The molecule has 0 saturated heterocycles. The van der Waals surface area contributed by atoms with Crippen molar-refractivity contribution in [1.82, 2.24) is 5.43 Å². The summed E-state index contributed by atoms with van der Waals surface area (Å²) in [5, 5.41) is 25.1. The van der Waals surface area contributed by atoms with E-state index in [0.29, 0.717) is 16.9 Å². The standard InChI is InChI=1S/C20H18N2O4/c1-13-8-16(23)10-19(24)18(13)11-21-22-20(25)12-26-17-7-6-14-4-2-3-5-15(14)9-17/h2-11,23-24H,12H2,1H3,(H,22,25). The van der Waals surface area contributed by atoms with Gasteiger partial charge in [-0.05, 0) is 41.5 Å². The molecule has 6 heteroatoms. The number of nitrogens with one attached hydrogen (secondary N) is 1. The minimum atomic E-state index is -0.426. The number of ether oxygens (including phenoxy) is 1. The number of hydrazone groups is 1. The van der Waals surface area contributed by atoms with Gasteiger partial charge in [0.05, 0.1) is 6.21 Å². The van der Waals surface area contributed by atoms with Crippen LogP contribution in [-0.2, 0) is 4.79 Å². The molecule has 3 aromatic carbocycles. The van der Waals surface area contributed by atoms with Crippen molar-refractivity contribution in [2.75, 3.05) is 6.61 Å². The molecule has 26 heavy (non-hydrogen) atoms. The average molecular weight is 350 g/mol. The van der Waals surface area contributed by atoms with Gasteiger partial charge < -0.3 is 14.9 Å². The van der Waals surface area contributed by atoms with Gasteiger partial charge in [-0.3, -0.25) is 4.79 Å². The van der Waals surface area contributed by atoms with Gasteiger partial charge in [0, 0.05) is 11.6 Å². The number of carbonyl (C=O) groups excluding carboxylic acids is 1. The van der Waals surface area contributed by atoms with Gasteiger partial charge in [-0.1, -0.05) is 30.3 Å². The zero-order valence-corrected chi connectivity index (χ0v) is 14.1. The number of amides is 1. The molecular formula is C20H18N2O4. The van der Waals surface area contributed by atoms with Crippen molar-refractivity contribution in [3.8, 4) is 17.2 Å². The van der Waals surface area contributed by atoms with Crippen LogP contribution in [0.4, 0.5) is 0 Å². The van der Waals surface area contributed by atoms with Gasteiger partial charge in [0.15, 0.2) is 6.61 Å². The Hall–Kier alpha value is -3.54. The van der Waals surface area contributed by atoms with Crippen molar-refractivity contribution in [2.24, 2.45) is 5.10 Å². The molecule has 0 spiro atoms. The molecule has 0 atom stereocenters. The predicted molar refractivity (Wildman–Crippen MR) is 99.7 cm³/mol. The second kappa shape index (κ2) is 7.57. The third-order valence-electron chi connectivity index (χ3n) is 3.82. The summed E-state index contributed by atoms with van der Waals surface area (Å²) in [7, 11) is 0. The Morgan fingerprint density at radius 3 is 2.65 bits per heavy atom. The Labute approximate surface area is 150 Å². The number of rotatable bonds is 5. The van der Waals surface area contributed by atoms with E-state index in [-0.39, 0.29) is 18.1 Å². The van der Waals surface area contributed by atoms with E-state index in [0.717, 1.165) is 10.8 Å². The van der Waals surface area contributed by atoms with Crippen LogP contribution in [0.2, 0.25) is 0 Å². The van der Waals surface area contributed by atoms with Crippen molar-refractivity contribution < 1.29 is 19.7 Å². The molecular weight excluding hydrogens is 332 g/mol. The Balaban J connectivity index is 1.57. The van der Waals surface area contributed by atoms with Crippen molar-refractivity contribution in [2.45, 2.75) is 6.92 Å². The summed E-state index contributed by atoms with van der Waals surface area (Å²) in [6.45, 7) is 1.53. The largest absolute Gasteiger partial charge is 0.508 e. The van der Waals surface area contributed by atoms with Crippen LogP contribution in [-0.4, -0.2) is 28.9 Å². The normalized spacial score (nSPS) is 11.0. The smallest absolute Gasteiger partial charge is 0.277 e. The number of nitrogens with zero attached hydrogens (tertiary/aromatic N) is 1. The van der Waals surface area contributed by atoms with Gasteiger partial charge in [0.25, 0.3) is 5.91 Å². The molecule has 0 bridgehead atoms. The molecule has 0 heterocycles. The fourth-order valence-electron chi connectivity index (χ4n) is 2.54. The second-order valence-corrected chi connectivity index (χ2v) is 5.79. The summed E-state index contributed by atoms with van der Waals surface area (Å²) in [5.41, 5.74) is 3.39. The first-order valence-electron chi connectivity index (χ1n) is 7.99. The highest BCUT2D eigenvalue weighted by atomic mass is 16.5. The third-order valence-corrected chi connectivity index (χ3v) is 3.82. The first kappa shape index (κ1) is 17.3. The Bertz CT molecular complexity index is 959. The van der Waals surface area contributed by atoms with E-state index in [9.17, 15) is 15.0 Å². The van der Waals surface area contributed by atoms with Crippen molar-refractivity contribution in [3.63, 3.8) is 0 Å². The first-order chi connectivity index (χ1) is 12.5. The van der Waals surface area contributed by atoms with Gasteiger partial charge in [-0.2, -0.15) is 5.10 Å². The minimum absolute atomic E-state index is 0.0371. The number of aromatic hydroxyl groups is 2. The number of phenols is 2. The fraction of sp³-hybridized carbons (Fsp3) is 0.100. The van der Waals surface area contributed by atoms with Crippen LogP contribution in [0.5, 0.6) is 17.2 Å². The van der Waals surface area contributed by atoms with Crippen molar-refractivity contribution in [1.29, 1.82) is 0 Å². The van der Waals surface area contributed by atoms with Crippen LogP contribution in [0.1, 0.15) is 11.1 Å². The molecule has 0 aliphatic carbocycles. The topological polar surface area (TPSA) is 91.1 Å². The number of benzene rings is 3. The van der Waals surface area contributed by atoms with E-state index in [1.807, 2.05) is 36.4 Å². The molecule has 0 aliphatic heterocycles. The summed E-state index contributed by atoms with van der Waals surface area (Å²) >= 11 is 0. The van der Waals surface area contributed by atoms with E-state index in [1.165, 1.54) is 18.3 Å². The van der Waals surface area contributed by atoms with E-state index in [4.69, 9.17) is 4.74 Å². The number of carbonyl (C=O) groups is 1. The molecule has 3 aromatic rings. The quantitative estimate of drug-likeness (QED) is 0.487. The summed E-state index contributed by atoms with van der Waals surface area (Å²) < 4.78 is 5.47. The maximum Gasteiger partial charge on any atom is 0.277 e. The SMILES string of the molecule is Cc1cc(O)cc(O)c1C=NNC(=O)COc1ccc2ccccc2c1. The molecule has 132 valence electrons. The van der Waals surface area contributed by atoms with E-state index >= 15 is 0 Å². The minimum Gasteiger partial charge on any atom is -0.508 e. The zero-order chi connectivity index (χ0) is 18.5. The lowest BCUT2D eigenvalue weighted by Gasteiger charge is -2.07. The van der Waals surface area contributed by atoms with Crippen LogP contribution in [0.25, 0.3) is 10.8 Å². The molecule has 0 radical (unpaired) electrons. The highest BCUT2D eigenvalue weighted by molar-refractivity contribution is 5.87. The van der Waals surface area contributed by atoms with Crippen LogP contribution in [0.15, 0.2) is 59.7 Å². The average Bonchev–Trinajstić information content (AvgIpc) is 2.62. The van der Waals surface area contributed by atoms with Crippen LogP contribution in [0, 0.1) is 6.92 Å². The molecule has 0 aliphatic rings. The predicted octanol–water partition coefficient (Wildman–Crippen LogP) is 3.09. The molecule has 0 aromatic heterocycles. The lowest BCUT2D eigenvalue weighted by Crippen LogP contribution is -2.24. The van der Waals surface area contributed by atoms with E-state index in [1.54, 1.807) is 13.0 Å². The van der Waals surface area contributed by atoms with Crippen molar-refractivity contribution in [3.05, 3.63) is 65.7 Å². The van der Waals surface area contributed by atoms with Crippen LogP contribution >= 0.6 is 0 Å². The summed E-state index contributed by atoms with van der Waals surface area (Å²) in [6, 6.07) is 16.2. The summed E-state index contributed by atoms with van der Waals surface area (Å²) in [4.78, 5) is 11.8. The van der Waals surface area contributed by atoms with Gasteiger partial charge in [-0.25, -0.2) is 5.43 Å². The van der Waals surface area contributed by atoms with Gasteiger partial charge in [0.2, 0.25) is 0 Å². The first-order valence-corrected chi connectivity index (χ1v) is 7.99. The van der Waals surface area contributed by atoms with Gasteiger partial charge in [0.1, 0.15) is 17.2 Å². The molecule has 0 fully saturated rings.